The van der Waals surface area contributed by atoms with Crippen LogP contribution in [0.15, 0.2) is 0 Å². The number of fused-ring (bicyclic) bond motifs is 2. The smallest absolute Gasteiger partial charge is 0.0677 e. The number of nitrogens with one attached hydrogen (secondary N) is 1. The van der Waals surface area contributed by atoms with Crippen molar-refractivity contribution in [3.8, 4) is 0 Å². The van der Waals surface area contributed by atoms with Gasteiger partial charge in [0.05, 0.1) is 5.60 Å². The summed E-state index contributed by atoms with van der Waals surface area (Å²) in [6, 6.07) is 1.20. The highest BCUT2D eigenvalue weighted by Crippen LogP contribution is 2.35. The van der Waals surface area contributed by atoms with Crippen molar-refractivity contribution >= 4 is 0 Å². The van der Waals surface area contributed by atoms with E-state index in [1.165, 1.54) is 19.3 Å². The largest absolute Gasteiger partial charge is 0.390 e. The highest BCUT2D eigenvalue weighted by atomic mass is 16.3. The van der Waals surface area contributed by atoms with Crippen molar-refractivity contribution < 1.29 is 5.11 Å². The van der Waals surface area contributed by atoms with Gasteiger partial charge in [-0.25, -0.2) is 0 Å². The Labute approximate surface area is 80.7 Å². The Hall–Kier alpha value is -0.0800. The van der Waals surface area contributed by atoms with E-state index in [2.05, 4.69) is 12.2 Å². The molecule has 0 aromatic rings. The summed E-state index contributed by atoms with van der Waals surface area (Å²) in [6.07, 6.45) is 7.95. The Balaban J connectivity index is 2.00. The molecular weight excluding hydrogens is 162 g/mol. The third-order valence-electron chi connectivity index (χ3n) is 3.54. The molecule has 0 aromatic carbocycles. The minimum absolute atomic E-state index is 0.338. The van der Waals surface area contributed by atoms with Crippen LogP contribution in [0.5, 0.6) is 0 Å². The maximum atomic E-state index is 10.3. The normalized spacial score (nSPS) is 44.8. The molecule has 2 atom stereocenters. The van der Waals surface area contributed by atoms with Gasteiger partial charge in [0.25, 0.3) is 0 Å². The van der Waals surface area contributed by atoms with Crippen molar-refractivity contribution in [2.24, 2.45) is 0 Å². The lowest BCUT2D eigenvalue weighted by molar-refractivity contribution is -0.0375. The zero-order chi connectivity index (χ0) is 9.31. The highest BCUT2D eigenvalue weighted by molar-refractivity contribution is 4.97. The second kappa shape index (κ2) is 3.58. The van der Waals surface area contributed by atoms with E-state index in [0.717, 1.165) is 25.7 Å². The van der Waals surface area contributed by atoms with Crippen LogP contribution in [0.4, 0.5) is 0 Å². The molecule has 76 valence electrons. The van der Waals surface area contributed by atoms with E-state index in [1.54, 1.807) is 0 Å². The van der Waals surface area contributed by atoms with E-state index < -0.39 is 0 Å². The summed E-state index contributed by atoms with van der Waals surface area (Å²) >= 11 is 0. The van der Waals surface area contributed by atoms with Crippen molar-refractivity contribution in [2.45, 2.75) is 69.6 Å². The predicted octanol–water partition coefficient (Wildman–Crippen LogP) is 1.82. The summed E-state index contributed by atoms with van der Waals surface area (Å²) in [5.74, 6) is 0. The fourth-order valence-electron chi connectivity index (χ4n) is 3.10. The lowest BCUT2D eigenvalue weighted by Crippen LogP contribution is -2.55. The van der Waals surface area contributed by atoms with Gasteiger partial charge in [-0.1, -0.05) is 19.8 Å². The molecule has 2 heterocycles. The number of aliphatic hydroxyl groups is 1. The van der Waals surface area contributed by atoms with Crippen LogP contribution >= 0.6 is 0 Å². The van der Waals surface area contributed by atoms with E-state index in [0.29, 0.717) is 12.1 Å². The van der Waals surface area contributed by atoms with Crippen molar-refractivity contribution in [1.29, 1.82) is 0 Å². The van der Waals surface area contributed by atoms with Crippen molar-refractivity contribution in [3.63, 3.8) is 0 Å². The molecule has 2 saturated heterocycles. The van der Waals surface area contributed by atoms with Crippen LogP contribution in [0.2, 0.25) is 0 Å². The Morgan fingerprint density at radius 2 is 1.92 bits per heavy atom. The molecule has 2 aliphatic rings. The molecule has 2 N–H and O–H groups in total. The second-order valence-corrected chi connectivity index (χ2v) is 4.87. The fraction of sp³-hybridized carbons (Fsp3) is 1.00. The Morgan fingerprint density at radius 3 is 2.46 bits per heavy atom. The average molecular weight is 183 g/mol. The fourth-order valence-corrected chi connectivity index (χ4v) is 3.10. The van der Waals surface area contributed by atoms with Gasteiger partial charge in [-0.3, -0.25) is 0 Å². The van der Waals surface area contributed by atoms with Crippen molar-refractivity contribution in [1.82, 2.24) is 5.32 Å². The first-order valence-electron chi connectivity index (χ1n) is 5.70. The molecule has 2 rings (SSSR count). The summed E-state index contributed by atoms with van der Waals surface area (Å²) in [4.78, 5) is 0. The third-order valence-corrected chi connectivity index (χ3v) is 3.54. The molecule has 0 spiro atoms. The van der Waals surface area contributed by atoms with Crippen LogP contribution in [0.25, 0.3) is 0 Å². The molecule has 2 aliphatic heterocycles. The van der Waals surface area contributed by atoms with Crippen molar-refractivity contribution in [2.75, 3.05) is 0 Å². The highest BCUT2D eigenvalue weighted by Gasteiger charge is 2.39. The van der Waals surface area contributed by atoms with E-state index in [-0.39, 0.29) is 5.60 Å². The van der Waals surface area contributed by atoms with Crippen LogP contribution in [0, 0.1) is 0 Å². The van der Waals surface area contributed by atoms with Gasteiger partial charge in [0.1, 0.15) is 0 Å². The first kappa shape index (κ1) is 9.47. The van der Waals surface area contributed by atoms with E-state index >= 15 is 0 Å². The van der Waals surface area contributed by atoms with Gasteiger partial charge in [0.2, 0.25) is 0 Å². The zero-order valence-corrected chi connectivity index (χ0v) is 8.55. The first-order chi connectivity index (χ1) is 6.22. The minimum atomic E-state index is -0.338. The molecule has 0 aliphatic carbocycles. The van der Waals surface area contributed by atoms with Gasteiger partial charge < -0.3 is 10.4 Å². The van der Waals surface area contributed by atoms with Gasteiger partial charge in [-0.15, -0.1) is 0 Å². The zero-order valence-electron chi connectivity index (χ0n) is 8.55. The van der Waals surface area contributed by atoms with Gasteiger partial charge in [-0.05, 0) is 32.1 Å². The monoisotopic (exact) mass is 183 g/mol. The van der Waals surface area contributed by atoms with Crippen LogP contribution < -0.4 is 5.32 Å². The topological polar surface area (TPSA) is 32.3 Å². The number of rotatable bonds is 2. The Kier molecular flexibility index (Phi) is 2.61. The summed E-state index contributed by atoms with van der Waals surface area (Å²) in [5, 5.41) is 13.9. The van der Waals surface area contributed by atoms with Crippen molar-refractivity contribution in [3.05, 3.63) is 0 Å². The van der Waals surface area contributed by atoms with E-state index in [4.69, 9.17) is 0 Å². The molecule has 2 heteroatoms. The summed E-state index contributed by atoms with van der Waals surface area (Å²) in [5.41, 5.74) is -0.338. The predicted molar refractivity (Wildman–Crippen MR) is 53.7 cm³/mol. The molecule has 0 aromatic heterocycles. The van der Waals surface area contributed by atoms with E-state index in [9.17, 15) is 5.11 Å². The van der Waals surface area contributed by atoms with Gasteiger partial charge in [-0.2, -0.15) is 0 Å². The van der Waals surface area contributed by atoms with Crippen LogP contribution in [0.1, 0.15) is 51.9 Å². The number of hydrogen-bond acceptors (Lipinski definition) is 2. The van der Waals surface area contributed by atoms with Crippen LogP contribution in [0.3, 0.4) is 0 Å². The SMILES string of the molecule is CCCC1(O)CC2CCCC(C1)N2. The van der Waals surface area contributed by atoms with Gasteiger partial charge in [0, 0.05) is 12.1 Å². The summed E-state index contributed by atoms with van der Waals surface area (Å²) < 4.78 is 0. The summed E-state index contributed by atoms with van der Waals surface area (Å²) in [6.45, 7) is 2.16. The molecular formula is C11H21NO. The maximum absolute atomic E-state index is 10.3. The Morgan fingerprint density at radius 1 is 1.31 bits per heavy atom. The van der Waals surface area contributed by atoms with E-state index in [1.807, 2.05) is 0 Å². The minimum Gasteiger partial charge on any atom is -0.390 e. The summed E-state index contributed by atoms with van der Waals surface area (Å²) in [7, 11) is 0. The lowest BCUT2D eigenvalue weighted by atomic mass is 9.75. The molecule has 2 bridgehead atoms. The van der Waals surface area contributed by atoms with Crippen LogP contribution in [-0.4, -0.2) is 22.8 Å². The number of hydrogen-bond donors (Lipinski definition) is 2. The molecule has 0 saturated carbocycles. The maximum Gasteiger partial charge on any atom is 0.0677 e. The van der Waals surface area contributed by atoms with Gasteiger partial charge >= 0.3 is 0 Å². The molecule has 0 radical (unpaired) electrons. The Bertz CT molecular complexity index is 169. The van der Waals surface area contributed by atoms with Crippen LogP contribution in [-0.2, 0) is 0 Å². The number of piperidine rings is 2. The second-order valence-electron chi connectivity index (χ2n) is 4.87. The molecule has 2 nitrogen and oxygen atoms in total. The molecule has 13 heavy (non-hydrogen) atoms. The molecule has 2 unspecified atom stereocenters. The average Bonchev–Trinajstić information content (AvgIpc) is 2.02. The third kappa shape index (κ3) is 2.05. The first-order valence-corrected chi connectivity index (χ1v) is 5.70. The molecule has 0 amide bonds. The standard InChI is InChI=1S/C11H21NO/c1-2-6-11(13)7-9-4-3-5-10(8-11)12-9/h9-10,12-13H,2-8H2,1H3. The molecule has 2 fully saturated rings. The lowest BCUT2D eigenvalue weighted by Gasteiger charge is -2.45. The quantitative estimate of drug-likeness (QED) is 0.684. The van der Waals surface area contributed by atoms with Gasteiger partial charge in [0.15, 0.2) is 0 Å².